The number of imidazole rings is 1. The summed E-state index contributed by atoms with van der Waals surface area (Å²) in [4.78, 5) is 4.48. The van der Waals surface area contributed by atoms with Crippen molar-refractivity contribution >= 4 is 17.1 Å². The number of hydrogen-bond acceptors (Lipinski definition) is 2. The van der Waals surface area contributed by atoms with Crippen LogP contribution in [-0.2, 0) is 7.05 Å². The third-order valence-corrected chi connectivity index (χ3v) is 3.39. The van der Waals surface area contributed by atoms with Crippen molar-refractivity contribution in [1.82, 2.24) is 9.55 Å². The fraction of sp³-hybridized carbons (Fsp3) is 0.118. The summed E-state index contributed by atoms with van der Waals surface area (Å²) in [7, 11) is 2.00. The molecule has 0 radical (unpaired) electrons. The first-order valence-corrected chi connectivity index (χ1v) is 6.57. The van der Waals surface area contributed by atoms with Crippen molar-refractivity contribution in [2.45, 2.75) is 0 Å². The van der Waals surface area contributed by atoms with Crippen LogP contribution >= 0.6 is 0 Å². The van der Waals surface area contributed by atoms with Gasteiger partial charge in [-0.15, -0.1) is 0 Å². The van der Waals surface area contributed by atoms with Gasteiger partial charge in [0.25, 0.3) is 0 Å². The fourth-order valence-corrected chi connectivity index (χ4v) is 2.35. The molecule has 0 aliphatic carbocycles. The predicted molar refractivity (Wildman–Crippen MR) is 82.3 cm³/mol. The number of rotatable bonds is 3. The van der Waals surface area contributed by atoms with Crippen molar-refractivity contribution < 1.29 is 5.11 Å². The molecule has 0 spiro atoms. The number of aromatic nitrogens is 2. The number of nitrogens with zero attached hydrogens (tertiary/aromatic N) is 2. The Morgan fingerprint density at radius 2 is 1.95 bits per heavy atom. The Morgan fingerprint density at radius 3 is 2.70 bits per heavy atom. The van der Waals surface area contributed by atoms with Crippen LogP contribution in [0.5, 0.6) is 0 Å². The van der Waals surface area contributed by atoms with Gasteiger partial charge in [0.1, 0.15) is 0 Å². The first kappa shape index (κ1) is 12.6. The third-order valence-electron chi connectivity index (χ3n) is 3.39. The molecule has 20 heavy (non-hydrogen) atoms. The van der Waals surface area contributed by atoms with E-state index in [1.807, 2.05) is 36.2 Å². The molecule has 0 fully saturated rings. The van der Waals surface area contributed by atoms with Crippen LogP contribution in [0.3, 0.4) is 0 Å². The number of para-hydroxylation sites is 1. The first-order chi connectivity index (χ1) is 9.79. The Bertz CT molecular complexity index is 754. The van der Waals surface area contributed by atoms with Gasteiger partial charge in [0.05, 0.1) is 24.0 Å². The summed E-state index contributed by atoms with van der Waals surface area (Å²) in [5.41, 5.74) is 5.52. The summed E-state index contributed by atoms with van der Waals surface area (Å²) in [6.07, 6.45) is 5.48. The lowest BCUT2D eigenvalue weighted by Gasteiger charge is -2.04. The van der Waals surface area contributed by atoms with Crippen LogP contribution in [0, 0.1) is 0 Å². The highest BCUT2D eigenvalue weighted by atomic mass is 16.2. The van der Waals surface area contributed by atoms with Gasteiger partial charge >= 0.3 is 0 Å². The van der Waals surface area contributed by atoms with E-state index >= 15 is 0 Å². The lowest BCUT2D eigenvalue weighted by Crippen LogP contribution is -1.85. The minimum atomic E-state index is 0.0645. The van der Waals surface area contributed by atoms with Crippen molar-refractivity contribution in [2.24, 2.45) is 7.05 Å². The summed E-state index contributed by atoms with van der Waals surface area (Å²) >= 11 is 0. The quantitative estimate of drug-likeness (QED) is 0.788. The molecule has 0 saturated carbocycles. The average molecular weight is 264 g/mol. The lowest BCUT2D eigenvalue weighted by molar-refractivity contribution is 0.343. The second-order valence-corrected chi connectivity index (χ2v) is 4.74. The van der Waals surface area contributed by atoms with E-state index in [1.54, 1.807) is 6.08 Å². The molecule has 0 amide bonds. The smallest absolute Gasteiger partial charge is 0.0962 e. The second-order valence-electron chi connectivity index (χ2n) is 4.74. The third kappa shape index (κ3) is 2.24. The topological polar surface area (TPSA) is 38.0 Å². The molecule has 0 unspecified atom stereocenters. The molecule has 0 atom stereocenters. The summed E-state index contributed by atoms with van der Waals surface area (Å²) < 4.78 is 2.02. The molecule has 0 aliphatic rings. The highest BCUT2D eigenvalue weighted by Crippen LogP contribution is 2.27. The highest BCUT2D eigenvalue weighted by Gasteiger charge is 2.06. The van der Waals surface area contributed by atoms with Crippen molar-refractivity contribution in [1.29, 1.82) is 0 Å². The number of aryl methyl sites for hydroxylation is 1. The van der Waals surface area contributed by atoms with Crippen molar-refractivity contribution in [3.8, 4) is 11.1 Å². The Morgan fingerprint density at radius 1 is 1.15 bits per heavy atom. The maximum absolute atomic E-state index is 8.78. The predicted octanol–water partition coefficient (Wildman–Crippen LogP) is 3.25. The molecule has 3 rings (SSSR count). The molecule has 3 aromatic rings. The zero-order valence-corrected chi connectivity index (χ0v) is 11.3. The Labute approximate surface area is 117 Å². The Hall–Kier alpha value is -2.39. The van der Waals surface area contributed by atoms with Gasteiger partial charge in [-0.25, -0.2) is 4.98 Å². The highest BCUT2D eigenvalue weighted by molar-refractivity contribution is 5.92. The van der Waals surface area contributed by atoms with Gasteiger partial charge in [0.2, 0.25) is 0 Å². The van der Waals surface area contributed by atoms with E-state index in [-0.39, 0.29) is 6.61 Å². The molecular weight excluding hydrogens is 248 g/mol. The lowest BCUT2D eigenvalue weighted by atomic mass is 10.0. The number of aliphatic hydroxyl groups excluding tert-OH is 1. The van der Waals surface area contributed by atoms with E-state index in [4.69, 9.17) is 5.11 Å². The molecule has 0 aliphatic heterocycles. The van der Waals surface area contributed by atoms with Gasteiger partial charge in [-0.3, -0.25) is 0 Å². The van der Waals surface area contributed by atoms with E-state index in [1.165, 1.54) is 0 Å². The standard InChI is InChI=1S/C17H16N2O/c1-19-12-18-17-15(5-2-6-16(17)19)14-9-7-13(8-10-14)4-3-11-20/h2-10,12,20H,11H2,1H3. The summed E-state index contributed by atoms with van der Waals surface area (Å²) in [5, 5.41) is 8.78. The van der Waals surface area contributed by atoms with Gasteiger partial charge in [0.15, 0.2) is 0 Å². The van der Waals surface area contributed by atoms with Gasteiger partial charge in [-0.2, -0.15) is 0 Å². The molecule has 0 saturated heterocycles. The number of aliphatic hydroxyl groups is 1. The summed E-state index contributed by atoms with van der Waals surface area (Å²) in [5.74, 6) is 0. The van der Waals surface area contributed by atoms with Crippen molar-refractivity contribution in [2.75, 3.05) is 6.61 Å². The number of benzene rings is 2. The molecule has 2 aromatic carbocycles. The zero-order chi connectivity index (χ0) is 13.9. The van der Waals surface area contributed by atoms with Crippen LogP contribution < -0.4 is 0 Å². The van der Waals surface area contributed by atoms with Gasteiger partial charge in [0, 0.05) is 12.6 Å². The van der Waals surface area contributed by atoms with Crippen LogP contribution in [0.1, 0.15) is 5.56 Å². The van der Waals surface area contributed by atoms with E-state index in [0.29, 0.717) is 0 Å². The largest absolute Gasteiger partial charge is 0.392 e. The zero-order valence-electron chi connectivity index (χ0n) is 11.3. The van der Waals surface area contributed by atoms with Crippen LogP contribution in [0.25, 0.3) is 28.2 Å². The van der Waals surface area contributed by atoms with Gasteiger partial charge < -0.3 is 9.67 Å². The molecule has 1 aromatic heterocycles. The van der Waals surface area contributed by atoms with Gasteiger partial charge in [-0.05, 0) is 17.2 Å². The molecule has 1 heterocycles. The Kier molecular flexibility index (Phi) is 3.35. The molecule has 3 heteroatoms. The minimum absolute atomic E-state index is 0.0645. The molecule has 0 bridgehead atoms. The van der Waals surface area contributed by atoms with Crippen LogP contribution in [0.4, 0.5) is 0 Å². The molecular formula is C17H16N2O. The molecule has 3 nitrogen and oxygen atoms in total. The van der Waals surface area contributed by atoms with E-state index in [0.717, 1.165) is 27.7 Å². The van der Waals surface area contributed by atoms with Crippen molar-refractivity contribution in [3.05, 3.63) is 60.4 Å². The number of hydrogen-bond donors (Lipinski definition) is 1. The average Bonchev–Trinajstić information content (AvgIpc) is 2.87. The SMILES string of the molecule is Cn1cnc2c(-c3ccc(C=CCO)cc3)cccc21. The summed E-state index contributed by atoms with van der Waals surface area (Å²) in [6, 6.07) is 14.5. The second kappa shape index (κ2) is 5.31. The summed E-state index contributed by atoms with van der Waals surface area (Å²) in [6.45, 7) is 0.0645. The first-order valence-electron chi connectivity index (χ1n) is 6.57. The number of fused-ring (bicyclic) bond motifs is 1. The molecule has 1 N–H and O–H groups in total. The van der Waals surface area contributed by atoms with Crippen LogP contribution in [0.2, 0.25) is 0 Å². The maximum atomic E-state index is 8.78. The van der Waals surface area contributed by atoms with E-state index < -0.39 is 0 Å². The van der Waals surface area contributed by atoms with Crippen LogP contribution in [-0.4, -0.2) is 21.3 Å². The van der Waals surface area contributed by atoms with E-state index in [9.17, 15) is 0 Å². The van der Waals surface area contributed by atoms with Gasteiger partial charge in [-0.1, -0.05) is 48.6 Å². The fourth-order valence-electron chi connectivity index (χ4n) is 2.35. The van der Waals surface area contributed by atoms with Crippen LogP contribution in [0.15, 0.2) is 54.9 Å². The maximum Gasteiger partial charge on any atom is 0.0962 e. The minimum Gasteiger partial charge on any atom is -0.392 e. The molecule has 100 valence electrons. The Balaban J connectivity index is 2.05. The van der Waals surface area contributed by atoms with Crippen molar-refractivity contribution in [3.63, 3.8) is 0 Å². The monoisotopic (exact) mass is 264 g/mol. The normalized spacial score (nSPS) is 11.5. The van der Waals surface area contributed by atoms with E-state index in [2.05, 4.69) is 35.3 Å².